The van der Waals surface area contributed by atoms with Gasteiger partial charge < -0.3 is 29.3 Å². The number of para-hydroxylation sites is 1. The molecule has 7 rings (SSSR count). The first-order chi connectivity index (χ1) is 22.6. The summed E-state index contributed by atoms with van der Waals surface area (Å²) in [5.41, 5.74) is 4.91. The van der Waals surface area contributed by atoms with Gasteiger partial charge in [-0.25, -0.2) is 4.68 Å². The Morgan fingerprint density at radius 2 is 1.61 bits per heavy atom. The number of amides is 2. The van der Waals surface area contributed by atoms with Gasteiger partial charge in [-0.3, -0.25) is 9.59 Å². The summed E-state index contributed by atoms with van der Waals surface area (Å²) >= 11 is 0. The highest BCUT2D eigenvalue weighted by atomic mass is 16.7. The predicted molar refractivity (Wildman–Crippen MR) is 171 cm³/mol. The van der Waals surface area contributed by atoms with Crippen LogP contribution in [0, 0.1) is 0 Å². The Hall–Kier alpha value is -5.42. The third-order valence-electron chi connectivity index (χ3n) is 8.27. The molecule has 0 spiro atoms. The van der Waals surface area contributed by atoms with Gasteiger partial charge in [0.2, 0.25) is 18.6 Å². The van der Waals surface area contributed by atoms with Gasteiger partial charge in [0.15, 0.2) is 11.5 Å². The minimum absolute atomic E-state index is 0.0978. The summed E-state index contributed by atoms with van der Waals surface area (Å²) in [7, 11) is 0. The van der Waals surface area contributed by atoms with Crippen molar-refractivity contribution in [3.63, 3.8) is 0 Å². The molecule has 3 heterocycles. The van der Waals surface area contributed by atoms with Gasteiger partial charge in [-0.2, -0.15) is 0 Å². The maximum absolute atomic E-state index is 14.4. The van der Waals surface area contributed by atoms with Crippen LogP contribution in [0.15, 0.2) is 97.1 Å². The van der Waals surface area contributed by atoms with Crippen molar-refractivity contribution in [3.05, 3.63) is 114 Å². The SMILES string of the molecule is O=C(NCc1ccccc1)[C@@H](c1ccc(N2CCOCC2)cc1)N(Cc1ccc2c(c1)OCO2)C(=O)Cn1nnc2ccccc21. The van der Waals surface area contributed by atoms with Crippen molar-refractivity contribution in [3.8, 4) is 11.5 Å². The quantitative estimate of drug-likeness (QED) is 0.249. The fraction of sp³-hybridized carbons (Fsp3) is 0.257. The summed E-state index contributed by atoms with van der Waals surface area (Å²) < 4.78 is 18.2. The molecule has 11 heteroatoms. The lowest BCUT2D eigenvalue weighted by molar-refractivity contribution is -0.142. The zero-order valence-corrected chi connectivity index (χ0v) is 25.2. The molecule has 234 valence electrons. The number of benzene rings is 4. The number of hydrogen-bond donors (Lipinski definition) is 1. The standard InChI is InChI=1S/C35H34N6O5/c42-33(23-41-30-9-5-4-8-29(30)37-38-41)40(22-26-10-15-31-32(20-26)46-24-45-31)34(35(43)36-21-25-6-2-1-3-7-25)27-11-13-28(14-12-27)39-16-18-44-19-17-39/h1-15,20,34H,16-19,21-24H2,(H,36,43)/t34-/m1/s1. The van der Waals surface area contributed by atoms with Crippen molar-refractivity contribution < 1.29 is 23.8 Å². The van der Waals surface area contributed by atoms with Gasteiger partial charge >= 0.3 is 0 Å². The lowest BCUT2D eigenvalue weighted by atomic mass is 10.0. The zero-order chi connectivity index (χ0) is 31.3. The smallest absolute Gasteiger partial charge is 0.247 e. The summed E-state index contributed by atoms with van der Waals surface area (Å²) in [6.07, 6.45) is 0. The second kappa shape index (κ2) is 13.3. The molecule has 0 aliphatic carbocycles. The maximum Gasteiger partial charge on any atom is 0.247 e. The Morgan fingerprint density at radius 1 is 0.848 bits per heavy atom. The van der Waals surface area contributed by atoms with E-state index >= 15 is 0 Å². The molecule has 0 bridgehead atoms. The molecule has 1 N–H and O–H groups in total. The fourth-order valence-corrected chi connectivity index (χ4v) is 5.86. The molecule has 2 aliphatic heterocycles. The number of carbonyl (C=O) groups is 2. The Bertz CT molecular complexity index is 1820. The number of rotatable bonds is 10. The van der Waals surface area contributed by atoms with Gasteiger partial charge in [-0.1, -0.05) is 65.9 Å². The van der Waals surface area contributed by atoms with Crippen molar-refractivity contribution in [1.82, 2.24) is 25.2 Å². The minimum atomic E-state index is -0.935. The van der Waals surface area contributed by atoms with E-state index in [2.05, 4.69) is 20.5 Å². The van der Waals surface area contributed by atoms with Gasteiger partial charge in [0.05, 0.1) is 18.7 Å². The monoisotopic (exact) mass is 618 g/mol. The third kappa shape index (κ3) is 6.36. The summed E-state index contributed by atoms with van der Waals surface area (Å²) in [5.74, 6) is 0.671. The van der Waals surface area contributed by atoms with Crippen LogP contribution in [0.4, 0.5) is 5.69 Å². The van der Waals surface area contributed by atoms with E-state index in [9.17, 15) is 9.59 Å². The van der Waals surface area contributed by atoms with Crippen LogP contribution >= 0.6 is 0 Å². The predicted octanol–water partition coefficient (Wildman–Crippen LogP) is 4.08. The lowest BCUT2D eigenvalue weighted by Crippen LogP contribution is -2.44. The second-order valence-corrected chi connectivity index (χ2v) is 11.2. The highest BCUT2D eigenvalue weighted by Crippen LogP contribution is 2.34. The Kier molecular flexibility index (Phi) is 8.46. The summed E-state index contributed by atoms with van der Waals surface area (Å²) in [6.45, 7) is 3.43. The number of anilines is 1. The van der Waals surface area contributed by atoms with Crippen LogP contribution in [-0.4, -0.2) is 64.8 Å². The van der Waals surface area contributed by atoms with Crippen molar-refractivity contribution in [2.24, 2.45) is 0 Å². The Morgan fingerprint density at radius 3 is 2.43 bits per heavy atom. The van der Waals surface area contributed by atoms with Crippen LogP contribution in [0.5, 0.6) is 11.5 Å². The Balaban J connectivity index is 1.25. The van der Waals surface area contributed by atoms with Crippen LogP contribution in [0.3, 0.4) is 0 Å². The number of nitrogens with one attached hydrogen (secondary N) is 1. The molecule has 11 nitrogen and oxygen atoms in total. The molecule has 46 heavy (non-hydrogen) atoms. The van der Waals surface area contributed by atoms with Crippen molar-refractivity contribution in [2.45, 2.75) is 25.7 Å². The van der Waals surface area contributed by atoms with E-state index in [0.29, 0.717) is 42.3 Å². The van der Waals surface area contributed by atoms with Crippen LogP contribution in [0.2, 0.25) is 0 Å². The molecule has 0 unspecified atom stereocenters. The van der Waals surface area contributed by atoms with Gasteiger partial charge in [-0.05, 0) is 53.1 Å². The van der Waals surface area contributed by atoms with Crippen LogP contribution in [0.25, 0.3) is 11.0 Å². The molecule has 1 atom stereocenters. The van der Waals surface area contributed by atoms with Gasteiger partial charge in [0, 0.05) is 31.9 Å². The number of carbonyl (C=O) groups excluding carboxylic acids is 2. The maximum atomic E-state index is 14.4. The largest absolute Gasteiger partial charge is 0.454 e. The average molecular weight is 619 g/mol. The summed E-state index contributed by atoms with van der Waals surface area (Å²) in [5, 5.41) is 11.6. The first-order valence-electron chi connectivity index (χ1n) is 15.3. The zero-order valence-electron chi connectivity index (χ0n) is 25.2. The first kappa shape index (κ1) is 29.3. The molecule has 1 aromatic heterocycles. The molecule has 1 saturated heterocycles. The number of ether oxygens (including phenoxy) is 3. The van der Waals surface area contributed by atoms with Crippen LogP contribution < -0.4 is 19.7 Å². The van der Waals surface area contributed by atoms with Gasteiger partial charge in [-0.15, -0.1) is 5.10 Å². The van der Waals surface area contributed by atoms with E-state index in [4.69, 9.17) is 14.2 Å². The van der Waals surface area contributed by atoms with Crippen molar-refractivity contribution in [2.75, 3.05) is 38.0 Å². The van der Waals surface area contributed by atoms with E-state index in [1.165, 1.54) is 0 Å². The topological polar surface area (TPSA) is 111 Å². The number of hydrogen-bond acceptors (Lipinski definition) is 8. The molecule has 2 aliphatic rings. The first-order valence-corrected chi connectivity index (χ1v) is 15.3. The van der Waals surface area contributed by atoms with E-state index in [-0.39, 0.29) is 31.7 Å². The van der Waals surface area contributed by atoms with Crippen molar-refractivity contribution in [1.29, 1.82) is 0 Å². The molecular formula is C35H34N6O5. The highest BCUT2D eigenvalue weighted by Gasteiger charge is 2.33. The molecule has 4 aromatic carbocycles. The number of morpholine rings is 1. The second-order valence-electron chi connectivity index (χ2n) is 11.2. The lowest BCUT2D eigenvalue weighted by Gasteiger charge is -2.33. The van der Waals surface area contributed by atoms with E-state index in [0.717, 1.165) is 35.4 Å². The molecule has 5 aromatic rings. The van der Waals surface area contributed by atoms with E-state index in [1.807, 2.05) is 97.1 Å². The van der Waals surface area contributed by atoms with Gasteiger partial charge in [0.25, 0.3) is 0 Å². The molecular weight excluding hydrogens is 584 g/mol. The number of fused-ring (bicyclic) bond motifs is 2. The molecule has 0 radical (unpaired) electrons. The summed E-state index contributed by atoms with van der Waals surface area (Å²) in [6, 6.07) is 29.7. The highest BCUT2D eigenvalue weighted by molar-refractivity contribution is 5.89. The molecule has 1 fully saturated rings. The van der Waals surface area contributed by atoms with Crippen LogP contribution in [-0.2, 0) is 34.0 Å². The molecule has 2 amide bonds. The number of aromatic nitrogens is 3. The van der Waals surface area contributed by atoms with E-state index in [1.54, 1.807) is 9.58 Å². The number of nitrogens with zero attached hydrogens (tertiary/aromatic N) is 5. The van der Waals surface area contributed by atoms with Crippen molar-refractivity contribution >= 4 is 28.5 Å². The minimum Gasteiger partial charge on any atom is -0.454 e. The van der Waals surface area contributed by atoms with E-state index < -0.39 is 6.04 Å². The Labute approximate surface area is 266 Å². The fourth-order valence-electron chi connectivity index (χ4n) is 5.86. The van der Waals surface area contributed by atoms with Gasteiger partial charge in [0.1, 0.15) is 18.1 Å². The summed E-state index contributed by atoms with van der Waals surface area (Å²) in [4.78, 5) is 32.5. The average Bonchev–Trinajstić information content (AvgIpc) is 3.75. The van der Waals surface area contributed by atoms with Crippen LogP contribution in [0.1, 0.15) is 22.7 Å². The normalized spacial score (nSPS) is 14.7. The molecule has 0 saturated carbocycles. The third-order valence-corrected chi connectivity index (χ3v) is 8.27.